The molecule has 0 spiro atoms. The third kappa shape index (κ3) is 4.54. The lowest BCUT2D eigenvalue weighted by Crippen LogP contribution is -2.21. The normalized spacial score (nSPS) is 16.3. The molecule has 3 rings (SSSR count). The molecule has 0 N–H and O–H groups in total. The molecule has 1 aliphatic heterocycles. The first-order chi connectivity index (χ1) is 12.9. The molecule has 27 heavy (non-hydrogen) atoms. The Labute approximate surface area is 162 Å². The number of thiocarbonyl (C=S) groups is 1. The van der Waals surface area contributed by atoms with E-state index < -0.39 is 10.8 Å². The average Bonchev–Trinajstić information content (AvgIpc) is 3.20. The zero-order valence-electron chi connectivity index (χ0n) is 13.4. The highest BCUT2D eigenvalue weighted by Crippen LogP contribution is 2.32. The number of rotatable bonds is 5. The van der Waals surface area contributed by atoms with Crippen LogP contribution in [0, 0.1) is 15.9 Å². The highest BCUT2D eigenvalue weighted by molar-refractivity contribution is 8.26. The van der Waals surface area contributed by atoms with E-state index in [0.29, 0.717) is 10.5 Å². The van der Waals surface area contributed by atoms with Gasteiger partial charge in [0, 0.05) is 6.21 Å². The molecule has 0 radical (unpaired) electrons. The first-order valence-corrected chi connectivity index (χ1v) is 8.65. The second-order valence-corrected chi connectivity index (χ2v) is 6.78. The number of halogens is 1. The average molecular weight is 403 g/mol. The molecule has 0 saturated carbocycles. The van der Waals surface area contributed by atoms with Crippen LogP contribution in [-0.4, -0.2) is 26.4 Å². The second-order valence-electron chi connectivity index (χ2n) is 5.10. The Morgan fingerprint density at radius 2 is 2.00 bits per heavy atom. The predicted octanol–water partition coefficient (Wildman–Crippen LogP) is 4.23. The first-order valence-electron chi connectivity index (χ1n) is 7.42. The number of furan rings is 1. The van der Waals surface area contributed by atoms with E-state index in [9.17, 15) is 19.3 Å². The van der Waals surface area contributed by atoms with Crippen molar-refractivity contribution in [1.29, 1.82) is 0 Å². The van der Waals surface area contributed by atoms with E-state index >= 15 is 0 Å². The van der Waals surface area contributed by atoms with E-state index in [1.165, 1.54) is 42.6 Å². The molecule has 0 unspecified atom stereocenters. The van der Waals surface area contributed by atoms with Gasteiger partial charge in [0.25, 0.3) is 5.91 Å². The third-order valence-electron chi connectivity index (χ3n) is 3.26. The summed E-state index contributed by atoms with van der Waals surface area (Å²) in [6.45, 7) is 0. The largest absolute Gasteiger partial charge is 0.433 e. The van der Waals surface area contributed by atoms with Crippen LogP contribution in [0.3, 0.4) is 0 Å². The number of amides is 1. The SMILES string of the molecule is O=C1/C(=C\c2ccc(F)cc2)SC(=S)N1/N=C/C=C/c1ccc([N+](=O)[O-])o1. The van der Waals surface area contributed by atoms with E-state index in [2.05, 4.69) is 5.10 Å². The van der Waals surface area contributed by atoms with Gasteiger partial charge in [-0.2, -0.15) is 10.1 Å². The summed E-state index contributed by atoms with van der Waals surface area (Å²) in [6, 6.07) is 8.38. The minimum absolute atomic E-state index is 0.256. The van der Waals surface area contributed by atoms with Gasteiger partial charge in [0.2, 0.25) is 0 Å². The molecule has 2 aromatic rings. The van der Waals surface area contributed by atoms with Gasteiger partial charge in [-0.25, -0.2) is 4.39 Å². The molecule has 0 atom stereocenters. The van der Waals surface area contributed by atoms with Gasteiger partial charge < -0.3 is 4.42 Å². The number of hydrogen-bond acceptors (Lipinski definition) is 7. The predicted molar refractivity (Wildman–Crippen MR) is 104 cm³/mol. The van der Waals surface area contributed by atoms with Crippen molar-refractivity contribution >= 4 is 58.5 Å². The fourth-order valence-corrected chi connectivity index (χ4v) is 3.22. The summed E-state index contributed by atoms with van der Waals surface area (Å²) in [5.74, 6) is -0.852. The molecule has 0 aliphatic carbocycles. The fourth-order valence-electron chi connectivity index (χ4n) is 2.04. The van der Waals surface area contributed by atoms with Crippen molar-refractivity contribution in [2.45, 2.75) is 0 Å². The Kier molecular flexibility index (Phi) is 5.57. The van der Waals surface area contributed by atoms with Crippen LogP contribution in [-0.2, 0) is 4.79 Å². The number of hydrogen-bond donors (Lipinski definition) is 0. The number of allylic oxidation sites excluding steroid dienone is 1. The zero-order chi connectivity index (χ0) is 19.4. The van der Waals surface area contributed by atoms with Crippen molar-refractivity contribution in [1.82, 2.24) is 5.01 Å². The highest BCUT2D eigenvalue weighted by atomic mass is 32.2. The van der Waals surface area contributed by atoms with Crippen molar-refractivity contribution in [2.75, 3.05) is 0 Å². The van der Waals surface area contributed by atoms with E-state index in [4.69, 9.17) is 16.6 Å². The molecule has 1 aromatic carbocycles. The molecule has 2 heterocycles. The Bertz CT molecular complexity index is 996. The number of carbonyl (C=O) groups is 1. The summed E-state index contributed by atoms with van der Waals surface area (Å²) >= 11 is 6.23. The summed E-state index contributed by atoms with van der Waals surface area (Å²) in [5, 5.41) is 15.6. The molecule has 136 valence electrons. The van der Waals surface area contributed by atoms with Gasteiger partial charge in [-0.3, -0.25) is 14.9 Å². The highest BCUT2D eigenvalue weighted by Gasteiger charge is 2.31. The van der Waals surface area contributed by atoms with Crippen LogP contribution in [0.2, 0.25) is 0 Å². The van der Waals surface area contributed by atoms with Crippen molar-refractivity contribution < 1.29 is 18.5 Å². The number of carbonyl (C=O) groups excluding carboxylic acids is 1. The Morgan fingerprint density at radius 3 is 2.67 bits per heavy atom. The van der Waals surface area contributed by atoms with Crippen LogP contribution in [0.4, 0.5) is 10.3 Å². The van der Waals surface area contributed by atoms with Gasteiger partial charge in [-0.1, -0.05) is 23.9 Å². The summed E-state index contributed by atoms with van der Waals surface area (Å²) < 4.78 is 18.2. The lowest BCUT2D eigenvalue weighted by Gasteiger charge is -2.04. The Hall–Kier alpha value is -3.11. The quantitative estimate of drug-likeness (QED) is 0.244. The zero-order valence-corrected chi connectivity index (χ0v) is 15.1. The molecular formula is C17H10FN3O4S2. The van der Waals surface area contributed by atoms with Crippen molar-refractivity contribution in [3.05, 3.63) is 74.6 Å². The number of thioether (sulfide) groups is 1. The topological polar surface area (TPSA) is 89.0 Å². The van der Waals surface area contributed by atoms with E-state index in [1.807, 2.05) is 0 Å². The van der Waals surface area contributed by atoms with E-state index in [1.54, 1.807) is 18.2 Å². The van der Waals surface area contributed by atoms with Crippen LogP contribution < -0.4 is 0 Å². The maximum absolute atomic E-state index is 13.0. The summed E-state index contributed by atoms with van der Waals surface area (Å²) in [5.41, 5.74) is 0.667. The summed E-state index contributed by atoms with van der Waals surface area (Å²) in [6.07, 6.45) is 5.85. The van der Waals surface area contributed by atoms with E-state index in [0.717, 1.165) is 16.8 Å². The molecule has 1 amide bonds. The molecule has 10 heteroatoms. The summed E-state index contributed by atoms with van der Waals surface area (Å²) in [7, 11) is 0. The van der Waals surface area contributed by atoms with Gasteiger partial charge >= 0.3 is 5.88 Å². The smallest absolute Gasteiger partial charge is 0.401 e. The van der Waals surface area contributed by atoms with Crippen LogP contribution in [0.15, 0.2) is 56.9 Å². The third-order valence-corrected chi connectivity index (χ3v) is 4.55. The van der Waals surface area contributed by atoms with Crippen LogP contribution in [0.5, 0.6) is 0 Å². The number of nitrogens with zero attached hydrogens (tertiary/aromatic N) is 3. The monoisotopic (exact) mass is 403 g/mol. The van der Waals surface area contributed by atoms with Crippen LogP contribution in [0.1, 0.15) is 11.3 Å². The fraction of sp³-hybridized carbons (Fsp3) is 0. The van der Waals surface area contributed by atoms with Crippen molar-refractivity contribution in [3.8, 4) is 0 Å². The minimum Gasteiger partial charge on any atom is -0.401 e. The molecule has 0 bridgehead atoms. The molecular weight excluding hydrogens is 393 g/mol. The van der Waals surface area contributed by atoms with Crippen LogP contribution in [0.25, 0.3) is 12.2 Å². The maximum atomic E-state index is 13.0. The van der Waals surface area contributed by atoms with Gasteiger partial charge in [-0.15, -0.1) is 0 Å². The lowest BCUT2D eigenvalue weighted by atomic mass is 10.2. The summed E-state index contributed by atoms with van der Waals surface area (Å²) in [4.78, 5) is 22.6. The van der Waals surface area contributed by atoms with E-state index in [-0.39, 0.29) is 21.8 Å². The maximum Gasteiger partial charge on any atom is 0.433 e. The Balaban J connectivity index is 1.67. The Morgan fingerprint density at radius 1 is 1.26 bits per heavy atom. The molecule has 7 nitrogen and oxygen atoms in total. The van der Waals surface area contributed by atoms with Gasteiger partial charge in [0.05, 0.1) is 11.0 Å². The minimum atomic E-state index is -0.640. The van der Waals surface area contributed by atoms with Crippen molar-refractivity contribution in [3.63, 3.8) is 0 Å². The second kappa shape index (κ2) is 8.06. The molecule has 1 aromatic heterocycles. The standard InChI is InChI=1S/C17H10FN3O4S2/c18-12-5-3-11(4-6-12)10-14-16(22)20(17(26)27-14)19-9-1-2-13-7-8-15(25-13)21(23)24/h1-10H/b2-1+,14-10+,19-9+. The lowest BCUT2D eigenvalue weighted by molar-refractivity contribution is -0.402. The molecule has 1 aliphatic rings. The van der Waals surface area contributed by atoms with Gasteiger partial charge in [0.15, 0.2) is 4.32 Å². The van der Waals surface area contributed by atoms with Crippen molar-refractivity contribution in [2.24, 2.45) is 5.10 Å². The van der Waals surface area contributed by atoms with Gasteiger partial charge in [0.1, 0.15) is 16.5 Å². The number of benzene rings is 1. The van der Waals surface area contributed by atoms with Gasteiger partial charge in [-0.05, 0) is 54.2 Å². The van der Waals surface area contributed by atoms with Crippen LogP contribution >= 0.6 is 24.0 Å². The number of hydrazone groups is 1. The molecule has 1 saturated heterocycles. The number of nitro groups is 1. The molecule has 1 fully saturated rings. The first kappa shape index (κ1) is 18.7.